The first-order chi connectivity index (χ1) is 26.8. The topological polar surface area (TPSA) is 198 Å². The number of amides is 1. The van der Waals surface area contributed by atoms with Gasteiger partial charge in [-0.2, -0.15) is 0 Å². The number of ether oxygens (including phenoxy) is 7. The number of carbonyl (C=O) groups excluding carboxylic acids is 2. The molecule has 0 radical (unpaired) electrons. The average molecular weight is 834 g/mol. The number of esters is 1. The molecule has 0 unspecified atom stereocenters. The Hall–Kier alpha value is -1.70. The second kappa shape index (κ2) is 20.9. The van der Waals surface area contributed by atoms with E-state index in [9.17, 15) is 30.0 Å². The lowest BCUT2D eigenvalue weighted by atomic mass is 9.77. The predicted molar refractivity (Wildman–Crippen MR) is 217 cm³/mol. The van der Waals surface area contributed by atoms with Crippen LogP contribution < -0.4 is 5.32 Å². The molecule has 0 aromatic heterocycles. The highest BCUT2D eigenvalue weighted by molar-refractivity contribution is 5.73. The normalized spacial score (nSPS) is 45.5. The lowest BCUT2D eigenvalue weighted by Gasteiger charge is -2.48. The van der Waals surface area contributed by atoms with Gasteiger partial charge in [-0.25, -0.2) is 4.79 Å². The van der Waals surface area contributed by atoms with Crippen molar-refractivity contribution in [2.45, 2.75) is 199 Å². The van der Waals surface area contributed by atoms with Crippen molar-refractivity contribution in [2.75, 3.05) is 41.3 Å². The molecule has 0 saturated carbocycles. The Morgan fingerprint density at radius 3 is 2.19 bits per heavy atom. The van der Waals surface area contributed by atoms with Crippen molar-refractivity contribution < 1.29 is 63.2 Å². The van der Waals surface area contributed by atoms with E-state index in [4.69, 9.17) is 33.2 Å². The van der Waals surface area contributed by atoms with Crippen molar-refractivity contribution in [1.82, 2.24) is 15.1 Å². The maximum Gasteiger partial charge on any atom is 0.407 e. The SMILES string of the molecule is CCCNC(=O)O[C@@H]1[C@H](C)N(C)C[C@H](C)C[C@@](C)(O)[C@H](O[C@@H]2O[C@H](C)C[C@H](N(C)C)[C@H]2O)[C@@H](C)[C@H](O[C@H]2C[C@@](C)(OC)[C@@H](O)[C@H](C)O2)[C@@H](C)C(=O)O[C@@H](CC)[C@@]1(C)O. The lowest BCUT2D eigenvalue weighted by molar-refractivity contribution is -0.318. The number of nitrogens with zero attached hydrogens (tertiary/aromatic N) is 2. The van der Waals surface area contributed by atoms with Gasteiger partial charge in [0.25, 0.3) is 0 Å². The molecule has 3 aliphatic heterocycles. The number of hydrogen-bond acceptors (Lipinski definition) is 15. The molecule has 0 spiro atoms. The molecule has 5 N–H and O–H groups in total. The number of aliphatic hydroxyl groups is 4. The Balaban J connectivity index is 2.21. The van der Waals surface area contributed by atoms with Crippen molar-refractivity contribution in [3.63, 3.8) is 0 Å². The fraction of sp³-hybridized carbons (Fsp3) is 0.952. The minimum atomic E-state index is -1.85. The zero-order valence-corrected chi connectivity index (χ0v) is 38.0. The third-order valence-electron chi connectivity index (χ3n) is 12.9. The number of aliphatic hydroxyl groups excluding tert-OH is 2. The zero-order chi connectivity index (χ0) is 44.1. The van der Waals surface area contributed by atoms with E-state index in [-0.39, 0.29) is 37.3 Å². The molecular weight excluding hydrogens is 754 g/mol. The van der Waals surface area contributed by atoms with E-state index >= 15 is 0 Å². The Morgan fingerprint density at radius 1 is 0.983 bits per heavy atom. The summed E-state index contributed by atoms with van der Waals surface area (Å²) >= 11 is 0. The van der Waals surface area contributed by atoms with Crippen LogP contribution in [0.2, 0.25) is 0 Å². The van der Waals surface area contributed by atoms with Gasteiger partial charge in [-0.1, -0.05) is 27.7 Å². The number of carbonyl (C=O) groups is 2. The summed E-state index contributed by atoms with van der Waals surface area (Å²) in [6, 6.07) is -0.863. The molecule has 16 nitrogen and oxygen atoms in total. The fourth-order valence-electron chi connectivity index (χ4n) is 9.32. The first-order valence-electron chi connectivity index (χ1n) is 21.3. The van der Waals surface area contributed by atoms with Gasteiger partial charge in [0.2, 0.25) is 0 Å². The van der Waals surface area contributed by atoms with E-state index in [1.54, 1.807) is 34.6 Å². The second-order valence-corrected chi connectivity index (χ2v) is 18.5. The highest BCUT2D eigenvalue weighted by Crippen LogP contribution is 2.40. The summed E-state index contributed by atoms with van der Waals surface area (Å²) in [6.45, 7) is 20.3. The van der Waals surface area contributed by atoms with Crippen LogP contribution in [0.25, 0.3) is 0 Å². The number of likely N-dealkylation sites (N-methyl/N-ethyl adjacent to an activating group) is 2. The molecule has 0 bridgehead atoms. The molecule has 58 heavy (non-hydrogen) atoms. The van der Waals surface area contributed by atoms with Gasteiger partial charge < -0.3 is 63.8 Å². The van der Waals surface area contributed by atoms with E-state index in [2.05, 4.69) is 5.32 Å². The van der Waals surface area contributed by atoms with Gasteiger partial charge in [0, 0.05) is 44.6 Å². The van der Waals surface area contributed by atoms with Crippen molar-refractivity contribution in [3.8, 4) is 0 Å². The van der Waals surface area contributed by atoms with Crippen LogP contribution in [-0.4, -0.2) is 174 Å². The Morgan fingerprint density at radius 2 is 1.62 bits per heavy atom. The summed E-state index contributed by atoms with van der Waals surface area (Å²) in [5.41, 5.74) is -4.50. The quantitative estimate of drug-likeness (QED) is 0.201. The second-order valence-electron chi connectivity index (χ2n) is 18.5. The third kappa shape index (κ3) is 12.0. The summed E-state index contributed by atoms with van der Waals surface area (Å²) in [6.07, 6.45) is -8.47. The molecule has 0 aliphatic carbocycles. The highest BCUT2D eigenvalue weighted by atomic mass is 16.7. The van der Waals surface area contributed by atoms with E-state index in [1.807, 2.05) is 65.6 Å². The van der Waals surface area contributed by atoms with E-state index in [0.717, 1.165) is 0 Å². The van der Waals surface area contributed by atoms with Crippen molar-refractivity contribution in [1.29, 1.82) is 0 Å². The van der Waals surface area contributed by atoms with Gasteiger partial charge in [0.05, 0.1) is 41.5 Å². The smallest absolute Gasteiger partial charge is 0.407 e. The number of nitrogens with one attached hydrogen (secondary N) is 1. The number of alkyl carbamates (subject to hydrolysis) is 1. The fourth-order valence-corrected chi connectivity index (χ4v) is 9.32. The molecule has 3 aliphatic rings. The summed E-state index contributed by atoms with van der Waals surface area (Å²) in [4.78, 5) is 31.5. The molecule has 0 aromatic rings. The largest absolute Gasteiger partial charge is 0.459 e. The summed E-state index contributed by atoms with van der Waals surface area (Å²) in [5, 5.41) is 50.3. The lowest BCUT2D eigenvalue weighted by Crippen LogP contribution is -2.61. The third-order valence-corrected chi connectivity index (χ3v) is 12.9. The highest BCUT2D eigenvalue weighted by Gasteiger charge is 2.53. The van der Waals surface area contributed by atoms with Crippen LogP contribution in [-0.2, 0) is 38.0 Å². The van der Waals surface area contributed by atoms with Gasteiger partial charge in [-0.05, 0) is 101 Å². The van der Waals surface area contributed by atoms with Crippen LogP contribution in [0, 0.1) is 17.8 Å². The van der Waals surface area contributed by atoms with Crippen molar-refractivity contribution >= 4 is 12.1 Å². The predicted octanol–water partition coefficient (Wildman–Crippen LogP) is 3.04. The molecule has 18 atom stereocenters. The summed E-state index contributed by atoms with van der Waals surface area (Å²) in [7, 11) is 7.12. The van der Waals surface area contributed by atoms with Crippen molar-refractivity contribution in [3.05, 3.63) is 0 Å². The van der Waals surface area contributed by atoms with E-state index in [0.29, 0.717) is 25.9 Å². The molecular formula is C42H79N3O13. The van der Waals surface area contributed by atoms with Crippen LogP contribution in [0.1, 0.15) is 108 Å². The van der Waals surface area contributed by atoms with Crippen LogP contribution >= 0.6 is 0 Å². The Kier molecular flexibility index (Phi) is 18.3. The van der Waals surface area contributed by atoms with E-state index in [1.165, 1.54) is 14.0 Å². The van der Waals surface area contributed by atoms with Gasteiger partial charge >= 0.3 is 12.1 Å². The Labute approximate surface area is 347 Å². The number of rotatable bonds is 10. The average Bonchev–Trinajstić information content (AvgIpc) is 3.14. The maximum absolute atomic E-state index is 14.5. The van der Waals surface area contributed by atoms with Crippen LogP contribution in [0.4, 0.5) is 4.79 Å². The van der Waals surface area contributed by atoms with Crippen LogP contribution in [0.3, 0.4) is 0 Å². The number of hydrogen-bond donors (Lipinski definition) is 5. The van der Waals surface area contributed by atoms with E-state index < -0.39 is 102 Å². The van der Waals surface area contributed by atoms with Crippen molar-refractivity contribution in [2.24, 2.45) is 17.8 Å². The summed E-state index contributed by atoms with van der Waals surface area (Å²) < 4.78 is 43.9. The van der Waals surface area contributed by atoms with Gasteiger partial charge in [-0.3, -0.25) is 9.69 Å². The molecule has 3 saturated heterocycles. The molecule has 0 aromatic carbocycles. The van der Waals surface area contributed by atoms with Crippen LogP contribution in [0.15, 0.2) is 0 Å². The monoisotopic (exact) mass is 834 g/mol. The van der Waals surface area contributed by atoms with Gasteiger partial charge in [-0.15, -0.1) is 0 Å². The molecule has 340 valence electrons. The molecule has 3 fully saturated rings. The first kappa shape index (κ1) is 50.7. The van der Waals surface area contributed by atoms with Crippen LogP contribution in [0.5, 0.6) is 0 Å². The number of methoxy groups -OCH3 is 1. The maximum atomic E-state index is 14.5. The Bertz CT molecular complexity index is 1310. The molecule has 3 heterocycles. The van der Waals surface area contributed by atoms with Gasteiger partial charge in [0.1, 0.15) is 23.9 Å². The summed E-state index contributed by atoms with van der Waals surface area (Å²) in [5.74, 6) is -2.74. The standard InChI is InChI=1S/C42H79N3O13/c1-16-18-43-39(49)58-36-27(7)45(14)22-23(3)20-40(9,50)35(57-38-32(46)29(44(12)13)19-24(4)53-38)25(5)33(26(6)37(48)55-30(17-2)42(36,11)51)56-31-21-41(10,52-15)34(47)28(8)54-31/h23-36,38,46-47,50-51H,16-22H2,1-15H3,(H,43,49)/t23-,24-,25+,26-,27+,28+,29+,30+,31+,32-,33+,34+,35-,36-,38+,40-,41-,42-/m1/s1. The minimum absolute atomic E-state index is 0.112. The van der Waals surface area contributed by atoms with Gasteiger partial charge in [0.15, 0.2) is 18.7 Å². The number of cyclic esters (lactones) is 1. The molecule has 1 amide bonds. The zero-order valence-electron chi connectivity index (χ0n) is 38.0. The minimum Gasteiger partial charge on any atom is -0.459 e. The molecule has 3 rings (SSSR count). The first-order valence-corrected chi connectivity index (χ1v) is 21.3. The molecule has 16 heteroatoms.